The zero-order valence-corrected chi connectivity index (χ0v) is 10.8. The SMILES string of the molecule is CN(C)C(c1ccccc1)C1CCCCC1O. The number of rotatable bonds is 3. The fraction of sp³-hybridized carbons (Fsp3) is 0.600. The van der Waals surface area contributed by atoms with Gasteiger partial charge in [-0.1, -0.05) is 43.2 Å². The van der Waals surface area contributed by atoms with Crippen LogP contribution < -0.4 is 0 Å². The molecule has 1 saturated carbocycles. The average Bonchev–Trinajstić information content (AvgIpc) is 2.33. The summed E-state index contributed by atoms with van der Waals surface area (Å²) in [6.45, 7) is 0. The van der Waals surface area contributed by atoms with Crippen molar-refractivity contribution in [3.63, 3.8) is 0 Å². The van der Waals surface area contributed by atoms with Crippen molar-refractivity contribution < 1.29 is 5.11 Å². The lowest BCUT2D eigenvalue weighted by Crippen LogP contribution is -2.36. The fourth-order valence-corrected chi connectivity index (χ4v) is 3.09. The summed E-state index contributed by atoms with van der Waals surface area (Å²) in [5, 5.41) is 10.2. The van der Waals surface area contributed by atoms with Gasteiger partial charge in [-0.05, 0) is 32.5 Å². The summed E-state index contributed by atoms with van der Waals surface area (Å²) in [5.41, 5.74) is 1.32. The highest BCUT2D eigenvalue weighted by Gasteiger charge is 2.32. The van der Waals surface area contributed by atoms with Crippen molar-refractivity contribution in [2.75, 3.05) is 14.1 Å². The Morgan fingerprint density at radius 1 is 1.12 bits per heavy atom. The van der Waals surface area contributed by atoms with Gasteiger partial charge >= 0.3 is 0 Å². The third-order valence-electron chi connectivity index (χ3n) is 3.88. The van der Waals surface area contributed by atoms with Gasteiger partial charge in [0, 0.05) is 12.0 Å². The molecule has 0 heterocycles. The van der Waals surface area contributed by atoms with E-state index in [0.717, 1.165) is 12.8 Å². The second-order valence-electron chi connectivity index (χ2n) is 5.33. The smallest absolute Gasteiger partial charge is 0.0586 e. The number of aliphatic hydroxyl groups excluding tert-OH is 1. The molecule has 2 heteroatoms. The van der Waals surface area contributed by atoms with Crippen molar-refractivity contribution in [1.29, 1.82) is 0 Å². The van der Waals surface area contributed by atoms with Gasteiger partial charge in [0.15, 0.2) is 0 Å². The molecule has 0 aliphatic heterocycles. The number of benzene rings is 1. The van der Waals surface area contributed by atoms with E-state index >= 15 is 0 Å². The lowest BCUT2D eigenvalue weighted by Gasteiger charge is -2.38. The van der Waals surface area contributed by atoms with E-state index in [1.807, 2.05) is 6.07 Å². The van der Waals surface area contributed by atoms with Crippen molar-refractivity contribution >= 4 is 0 Å². The van der Waals surface area contributed by atoms with Gasteiger partial charge in [-0.25, -0.2) is 0 Å². The molecule has 3 unspecified atom stereocenters. The molecule has 1 N–H and O–H groups in total. The largest absolute Gasteiger partial charge is 0.393 e. The summed E-state index contributed by atoms with van der Waals surface area (Å²) in [6.07, 6.45) is 4.38. The zero-order valence-electron chi connectivity index (χ0n) is 10.8. The summed E-state index contributed by atoms with van der Waals surface area (Å²) < 4.78 is 0. The molecule has 3 atom stereocenters. The topological polar surface area (TPSA) is 23.5 Å². The molecule has 1 aromatic carbocycles. The highest BCUT2D eigenvalue weighted by Crippen LogP contribution is 2.37. The van der Waals surface area contributed by atoms with Crippen LogP contribution in [0.5, 0.6) is 0 Å². The van der Waals surface area contributed by atoms with Crippen LogP contribution in [0.1, 0.15) is 37.3 Å². The van der Waals surface area contributed by atoms with Crippen molar-refractivity contribution in [3.8, 4) is 0 Å². The van der Waals surface area contributed by atoms with Gasteiger partial charge in [-0.3, -0.25) is 0 Å². The molecule has 1 fully saturated rings. The molecule has 0 amide bonds. The van der Waals surface area contributed by atoms with Crippen LogP contribution in [0, 0.1) is 5.92 Å². The Balaban J connectivity index is 2.22. The van der Waals surface area contributed by atoms with Crippen LogP contribution in [0.3, 0.4) is 0 Å². The Hall–Kier alpha value is -0.860. The van der Waals surface area contributed by atoms with Crippen LogP contribution in [-0.4, -0.2) is 30.2 Å². The van der Waals surface area contributed by atoms with Crippen LogP contribution in [0.4, 0.5) is 0 Å². The Labute approximate surface area is 104 Å². The molecule has 17 heavy (non-hydrogen) atoms. The molecular formula is C15H23NO. The standard InChI is InChI=1S/C15H23NO/c1-16(2)15(12-8-4-3-5-9-12)13-10-6-7-11-14(13)17/h3-5,8-9,13-15,17H,6-7,10-11H2,1-2H3. The molecule has 1 aliphatic rings. The van der Waals surface area contributed by atoms with Crippen molar-refractivity contribution in [3.05, 3.63) is 35.9 Å². The quantitative estimate of drug-likeness (QED) is 0.867. The Kier molecular flexibility index (Phi) is 4.19. The predicted octanol–water partition coefficient (Wildman–Crippen LogP) is 2.84. The maximum atomic E-state index is 10.2. The molecule has 0 saturated heterocycles. The van der Waals surface area contributed by atoms with E-state index in [9.17, 15) is 5.11 Å². The van der Waals surface area contributed by atoms with E-state index in [0.29, 0.717) is 12.0 Å². The average molecular weight is 233 g/mol. The van der Waals surface area contributed by atoms with Crippen molar-refractivity contribution in [1.82, 2.24) is 4.90 Å². The molecule has 1 aromatic rings. The number of aliphatic hydroxyl groups is 1. The molecular weight excluding hydrogens is 210 g/mol. The third kappa shape index (κ3) is 2.88. The van der Waals surface area contributed by atoms with Gasteiger partial charge in [0.05, 0.1) is 6.10 Å². The lowest BCUT2D eigenvalue weighted by molar-refractivity contribution is 0.0221. The van der Waals surface area contributed by atoms with Gasteiger partial charge in [0.1, 0.15) is 0 Å². The van der Waals surface area contributed by atoms with E-state index < -0.39 is 0 Å². The molecule has 94 valence electrons. The van der Waals surface area contributed by atoms with Gasteiger partial charge in [-0.2, -0.15) is 0 Å². The molecule has 0 bridgehead atoms. The lowest BCUT2D eigenvalue weighted by atomic mass is 9.78. The van der Waals surface area contributed by atoms with E-state index in [-0.39, 0.29) is 6.10 Å². The monoisotopic (exact) mass is 233 g/mol. The summed E-state index contributed by atoms with van der Waals surface area (Å²) in [6, 6.07) is 10.9. The van der Waals surface area contributed by atoms with Gasteiger partial charge in [-0.15, -0.1) is 0 Å². The minimum Gasteiger partial charge on any atom is -0.393 e. The second-order valence-corrected chi connectivity index (χ2v) is 5.33. The molecule has 2 rings (SSSR count). The van der Waals surface area contributed by atoms with Crippen LogP contribution >= 0.6 is 0 Å². The summed E-state index contributed by atoms with van der Waals surface area (Å²) in [5.74, 6) is 0.376. The normalized spacial score (nSPS) is 27.1. The first-order valence-electron chi connectivity index (χ1n) is 6.59. The van der Waals surface area contributed by atoms with Crippen molar-refractivity contribution in [2.24, 2.45) is 5.92 Å². The fourth-order valence-electron chi connectivity index (χ4n) is 3.09. The summed E-state index contributed by atoms with van der Waals surface area (Å²) in [4.78, 5) is 2.24. The molecule has 0 aromatic heterocycles. The van der Waals surface area contributed by atoms with Gasteiger partial charge in [0.2, 0.25) is 0 Å². The first kappa shape index (κ1) is 12.6. The Morgan fingerprint density at radius 2 is 1.76 bits per heavy atom. The highest BCUT2D eigenvalue weighted by molar-refractivity contribution is 5.20. The van der Waals surface area contributed by atoms with Gasteiger partial charge < -0.3 is 10.0 Å². The highest BCUT2D eigenvalue weighted by atomic mass is 16.3. The number of hydrogen-bond donors (Lipinski definition) is 1. The first-order chi connectivity index (χ1) is 8.20. The molecule has 1 aliphatic carbocycles. The number of nitrogens with zero attached hydrogens (tertiary/aromatic N) is 1. The van der Waals surface area contributed by atoms with Crippen LogP contribution in [0.15, 0.2) is 30.3 Å². The minimum absolute atomic E-state index is 0.142. The summed E-state index contributed by atoms with van der Waals surface area (Å²) in [7, 11) is 4.22. The maximum absolute atomic E-state index is 10.2. The first-order valence-corrected chi connectivity index (χ1v) is 6.59. The Morgan fingerprint density at radius 3 is 2.35 bits per heavy atom. The van der Waals surface area contributed by atoms with Crippen LogP contribution in [0.2, 0.25) is 0 Å². The zero-order chi connectivity index (χ0) is 12.3. The van der Waals surface area contributed by atoms with Crippen LogP contribution in [-0.2, 0) is 0 Å². The maximum Gasteiger partial charge on any atom is 0.0586 e. The number of hydrogen-bond acceptors (Lipinski definition) is 2. The minimum atomic E-state index is -0.142. The molecule has 0 spiro atoms. The molecule has 0 radical (unpaired) electrons. The van der Waals surface area contributed by atoms with E-state index in [1.54, 1.807) is 0 Å². The summed E-state index contributed by atoms with van der Waals surface area (Å²) >= 11 is 0. The molecule has 2 nitrogen and oxygen atoms in total. The van der Waals surface area contributed by atoms with E-state index in [2.05, 4.69) is 43.3 Å². The van der Waals surface area contributed by atoms with Crippen LogP contribution in [0.25, 0.3) is 0 Å². The second kappa shape index (κ2) is 5.65. The van der Waals surface area contributed by atoms with E-state index in [1.165, 1.54) is 18.4 Å². The third-order valence-corrected chi connectivity index (χ3v) is 3.88. The van der Waals surface area contributed by atoms with Crippen molar-refractivity contribution in [2.45, 2.75) is 37.8 Å². The predicted molar refractivity (Wildman–Crippen MR) is 70.8 cm³/mol. The van der Waals surface area contributed by atoms with Gasteiger partial charge in [0.25, 0.3) is 0 Å². The van der Waals surface area contributed by atoms with E-state index in [4.69, 9.17) is 0 Å². The Bertz CT molecular complexity index is 336.